The van der Waals surface area contributed by atoms with Crippen LogP contribution in [0, 0.1) is 17.0 Å². The first kappa shape index (κ1) is 11.0. The van der Waals surface area contributed by atoms with Crippen molar-refractivity contribution < 1.29 is 8.78 Å². The minimum atomic E-state index is -0.976. The molecule has 0 fully saturated rings. The molecule has 0 spiro atoms. The van der Waals surface area contributed by atoms with Gasteiger partial charge >= 0.3 is 0 Å². The van der Waals surface area contributed by atoms with Crippen LogP contribution in [0.4, 0.5) is 8.78 Å². The van der Waals surface area contributed by atoms with E-state index in [4.69, 9.17) is 5.41 Å². The molecule has 1 aromatic carbocycles. The monoisotopic (exact) mass is 259 g/mol. The van der Waals surface area contributed by atoms with Crippen LogP contribution in [0.1, 0.15) is 12.5 Å². The molecule has 4 heteroatoms. The summed E-state index contributed by atoms with van der Waals surface area (Å²) in [5, 5.41) is 7.26. The zero-order valence-electron chi connectivity index (χ0n) is 7.50. The molecule has 0 aliphatic carbocycles. The molecule has 1 N–H and O–H groups in total. The molecule has 0 amide bonds. The first-order valence-electron chi connectivity index (χ1n) is 3.83. The molecule has 0 saturated carbocycles. The Bertz CT molecular complexity index is 413. The van der Waals surface area contributed by atoms with Gasteiger partial charge in [-0.25, -0.2) is 8.78 Å². The molecule has 0 heterocycles. The predicted molar refractivity (Wildman–Crippen MR) is 56.5 cm³/mol. The standard InChI is InChI=1S/C10H8BrF2N/c1-5(6(2)14)7-3-4-8(11)10(13)9(7)12/h3-4,14H,1H2,2H3. The third kappa shape index (κ3) is 1.90. The van der Waals surface area contributed by atoms with Gasteiger partial charge in [-0.2, -0.15) is 0 Å². The highest BCUT2D eigenvalue weighted by atomic mass is 79.9. The summed E-state index contributed by atoms with van der Waals surface area (Å²) in [4.78, 5) is 0. The fourth-order valence-electron chi connectivity index (χ4n) is 0.961. The van der Waals surface area contributed by atoms with E-state index in [2.05, 4.69) is 22.5 Å². The van der Waals surface area contributed by atoms with E-state index in [1.54, 1.807) is 0 Å². The highest BCUT2D eigenvalue weighted by Crippen LogP contribution is 2.25. The molecule has 1 rings (SSSR count). The second-order valence-electron chi connectivity index (χ2n) is 2.83. The first-order valence-corrected chi connectivity index (χ1v) is 4.62. The topological polar surface area (TPSA) is 23.9 Å². The van der Waals surface area contributed by atoms with Crippen molar-refractivity contribution >= 4 is 27.2 Å². The van der Waals surface area contributed by atoms with Crippen LogP contribution in [0.5, 0.6) is 0 Å². The first-order chi connectivity index (χ1) is 6.45. The summed E-state index contributed by atoms with van der Waals surface area (Å²) in [6.45, 7) is 4.98. The Morgan fingerprint density at radius 2 is 1.93 bits per heavy atom. The van der Waals surface area contributed by atoms with Gasteiger partial charge in [-0.1, -0.05) is 12.6 Å². The van der Waals surface area contributed by atoms with Crippen LogP contribution in [0.15, 0.2) is 23.2 Å². The molecule has 0 aliphatic rings. The van der Waals surface area contributed by atoms with Crippen LogP contribution in [-0.4, -0.2) is 5.71 Å². The maximum Gasteiger partial charge on any atom is 0.173 e. The van der Waals surface area contributed by atoms with Crippen molar-refractivity contribution in [1.82, 2.24) is 0 Å². The Balaban J connectivity index is 3.31. The fourth-order valence-corrected chi connectivity index (χ4v) is 1.27. The van der Waals surface area contributed by atoms with Crippen LogP contribution in [0.2, 0.25) is 0 Å². The summed E-state index contributed by atoms with van der Waals surface area (Å²) in [5.41, 5.74) is 0.331. The second-order valence-corrected chi connectivity index (χ2v) is 3.68. The maximum absolute atomic E-state index is 13.3. The van der Waals surface area contributed by atoms with Gasteiger partial charge in [0.25, 0.3) is 0 Å². The van der Waals surface area contributed by atoms with Gasteiger partial charge in [-0.15, -0.1) is 0 Å². The second kappa shape index (κ2) is 4.00. The predicted octanol–water partition coefficient (Wildman–Crippen LogP) is 3.78. The SMILES string of the molecule is C=C(C(C)=N)c1ccc(Br)c(F)c1F. The average molecular weight is 260 g/mol. The molecule has 74 valence electrons. The summed E-state index contributed by atoms with van der Waals surface area (Å²) < 4.78 is 26.5. The van der Waals surface area contributed by atoms with Gasteiger partial charge < -0.3 is 5.41 Å². The minimum absolute atomic E-state index is 0.0261. The largest absolute Gasteiger partial charge is 0.305 e. The number of nitrogens with one attached hydrogen (secondary N) is 1. The number of hydrogen-bond donors (Lipinski definition) is 1. The van der Waals surface area contributed by atoms with Gasteiger partial charge in [0.2, 0.25) is 0 Å². The lowest BCUT2D eigenvalue weighted by atomic mass is 10.0. The van der Waals surface area contributed by atoms with E-state index in [-0.39, 0.29) is 21.3 Å². The van der Waals surface area contributed by atoms with Crippen LogP contribution in [-0.2, 0) is 0 Å². The van der Waals surface area contributed by atoms with Gasteiger partial charge in [-0.3, -0.25) is 0 Å². The number of benzene rings is 1. The lowest BCUT2D eigenvalue weighted by Crippen LogP contribution is -1.99. The van der Waals surface area contributed by atoms with Gasteiger partial charge in [0, 0.05) is 11.3 Å². The molecular weight excluding hydrogens is 252 g/mol. The Kier molecular flexibility index (Phi) is 3.16. The van der Waals surface area contributed by atoms with Crippen molar-refractivity contribution in [2.24, 2.45) is 0 Å². The zero-order chi connectivity index (χ0) is 10.9. The van der Waals surface area contributed by atoms with E-state index in [0.29, 0.717) is 0 Å². The van der Waals surface area contributed by atoms with E-state index >= 15 is 0 Å². The summed E-state index contributed by atoms with van der Waals surface area (Å²) in [7, 11) is 0. The lowest BCUT2D eigenvalue weighted by Gasteiger charge is -2.06. The fraction of sp³-hybridized carbons (Fsp3) is 0.100. The van der Waals surface area contributed by atoms with Crippen molar-refractivity contribution in [2.75, 3.05) is 0 Å². The lowest BCUT2D eigenvalue weighted by molar-refractivity contribution is 0.502. The molecule has 1 aromatic rings. The van der Waals surface area contributed by atoms with E-state index in [1.165, 1.54) is 19.1 Å². The molecule has 0 bridgehead atoms. The smallest absolute Gasteiger partial charge is 0.173 e. The van der Waals surface area contributed by atoms with E-state index in [9.17, 15) is 8.78 Å². The van der Waals surface area contributed by atoms with Gasteiger partial charge in [-0.05, 0) is 34.5 Å². The van der Waals surface area contributed by atoms with Crippen LogP contribution < -0.4 is 0 Å². The molecule has 0 saturated heterocycles. The zero-order valence-corrected chi connectivity index (χ0v) is 9.08. The molecule has 1 nitrogen and oxygen atoms in total. The molecule has 0 aromatic heterocycles. The highest BCUT2D eigenvalue weighted by molar-refractivity contribution is 9.10. The Morgan fingerprint density at radius 1 is 1.36 bits per heavy atom. The van der Waals surface area contributed by atoms with Crippen molar-refractivity contribution in [3.63, 3.8) is 0 Å². The molecule has 0 atom stereocenters. The van der Waals surface area contributed by atoms with E-state index in [0.717, 1.165) is 0 Å². The van der Waals surface area contributed by atoms with E-state index < -0.39 is 11.6 Å². The molecule has 0 radical (unpaired) electrons. The quantitative estimate of drug-likeness (QED) is 0.618. The minimum Gasteiger partial charge on any atom is -0.305 e. The average Bonchev–Trinajstić information content (AvgIpc) is 2.13. The highest BCUT2D eigenvalue weighted by Gasteiger charge is 2.14. The van der Waals surface area contributed by atoms with Crippen molar-refractivity contribution in [3.05, 3.63) is 40.4 Å². The number of rotatable bonds is 2. The Morgan fingerprint density at radius 3 is 2.43 bits per heavy atom. The number of halogens is 3. The summed E-state index contributed by atoms with van der Waals surface area (Å²) in [5.74, 6) is -1.93. The summed E-state index contributed by atoms with van der Waals surface area (Å²) >= 11 is 2.87. The third-order valence-corrected chi connectivity index (χ3v) is 2.43. The third-order valence-electron chi connectivity index (χ3n) is 1.81. The van der Waals surface area contributed by atoms with Crippen LogP contribution in [0.25, 0.3) is 5.57 Å². The van der Waals surface area contributed by atoms with Gasteiger partial charge in [0.1, 0.15) is 0 Å². The Labute approximate surface area is 89.1 Å². The molecule has 14 heavy (non-hydrogen) atoms. The molecular formula is C10H8BrF2N. The molecule has 0 unspecified atom stereocenters. The van der Waals surface area contributed by atoms with Crippen molar-refractivity contribution in [1.29, 1.82) is 5.41 Å². The van der Waals surface area contributed by atoms with Crippen molar-refractivity contribution in [3.8, 4) is 0 Å². The van der Waals surface area contributed by atoms with Gasteiger partial charge in [0.05, 0.1) is 4.47 Å². The van der Waals surface area contributed by atoms with Crippen molar-refractivity contribution in [2.45, 2.75) is 6.92 Å². The van der Waals surface area contributed by atoms with E-state index in [1.807, 2.05) is 0 Å². The van der Waals surface area contributed by atoms with Crippen LogP contribution >= 0.6 is 15.9 Å². The summed E-state index contributed by atoms with van der Waals surface area (Å²) in [6, 6.07) is 2.78. The number of hydrogen-bond acceptors (Lipinski definition) is 1. The van der Waals surface area contributed by atoms with Crippen LogP contribution in [0.3, 0.4) is 0 Å². The molecule has 0 aliphatic heterocycles. The summed E-state index contributed by atoms with van der Waals surface area (Å²) in [6.07, 6.45) is 0. The number of allylic oxidation sites excluding steroid dienone is 1. The van der Waals surface area contributed by atoms with Gasteiger partial charge in [0.15, 0.2) is 11.6 Å². The maximum atomic E-state index is 13.3. The Hall–Kier alpha value is -1.03. The normalized spacial score (nSPS) is 10.0.